The summed E-state index contributed by atoms with van der Waals surface area (Å²) in [7, 11) is 0. The van der Waals surface area contributed by atoms with E-state index < -0.39 is 124 Å². The van der Waals surface area contributed by atoms with Crippen molar-refractivity contribution in [2.24, 2.45) is 0 Å². The van der Waals surface area contributed by atoms with Crippen LogP contribution < -0.4 is 5.32 Å². The van der Waals surface area contributed by atoms with Crippen molar-refractivity contribution >= 4 is 5.91 Å². The number of hydrogen-bond donors (Lipinski definition) is 12. The molecule has 3 aliphatic rings. The normalized spacial score (nSPS) is 36.0. The molecule has 3 heterocycles. The highest BCUT2D eigenvalue weighted by Gasteiger charge is 2.53. The highest BCUT2D eigenvalue weighted by molar-refractivity contribution is 5.76. The van der Waals surface area contributed by atoms with Crippen LogP contribution in [0.2, 0.25) is 0 Å². The average Bonchev–Trinajstić information content (AvgIpc) is 3.24. The van der Waals surface area contributed by atoms with Gasteiger partial charge in [-0.15, -0.1) is 0 Å². The molecular formula is C41H75NO18. The van der Waals surface area contributed by atoms with Gasteiger partial charge in [0.1, 0.15) is 73.2 Å². The van der Waals surface area contributed by atoms with E-state index in [2.05, 4.69) is 12.2 Å². The van der Waals surface area contributed by atoms with Gasteiger partial charge in [-0.3, -0.25) is 4.79 Å². The van der Waals surface area contributed by atoms with Gasteiger partial charge in [-0.1, -0.05) is 96.6 Å². The molecule has 0 aromatic heterocycles. The van der Waals surface area contributed by atoms with E-state index in [9.17, 15) is 61.0 Å². The molecule has 0 bridgehead atoms. The van der Waals surface area contributed by atoms with Crippen LogP contribution in [0.15, 0.2) is 12.2 Å². The topological polar surface area (TPSA) is 307 Å². The molecule has 60 heavy (non-hydrogen) atoms. The first kappa shape index (κ1) is 52.9. The van der Waals surface area contributed by atoms with E-state index in [1.165, 1.54) is 44.9 Å². The van der Waals surface area contributed by atoms with Gasteiger partial charge in [0, 0.05) is 6.42 Å². The lowest BCUT2D eigenvalue weighted by Gasteiger charge is -2.48. The zero-order chi connectivity index (χ0) is 44.2. The number of amides is 1. The summed E-state index contributed by atoms with van der Waals surface area (Å²) >= 11 is 0. The van der Waals surface area contributed by atoms with Gasteiger partial charge >= 0.3 is 0 Å². The summed E-state index contributed by atoms with van der Waals surface area (Å²) in [5, 5.41) is 118. The molecule has 19 nitrogen and oxygen atoms in total. The maximum Gasteiger partial charge on any atom is 0.220 e. The molecule has 19 heteroatoms. The molecule has 12 N–H and O–H groups in total. The van der Waals surface area contributed by atoms with Gasteiger partial charge in [-0.2, -0.15) is 0 Å². The smallest absolute Gasteiger partial charge is 0.220 e. The van der Waals surface area contributed by atoms with Gasteiger partial charge in [0.05, 0.1) is 38.6 Å². The molecule has 0 saturated carbocycles. The maximum atomic E-state index is 12.8. The van der Waals surface area contributed by atoms with Crippen molar-refractivity contribution in [3.63, 3.8) is 0 Å². The predicted octanol–water partition coefficient (Wildman–Crippen LogP) is -1.26. The number of unbranched alkanes of at least 4 members (excludes halogenated alkanes) is 12. The lowest BCUT2D eigenvalue weighted by atomic mass is 9.96. The van der Waals surface area contributed by atoms with Crippen molar-refractivity contribution in [2.45, 2.75) is 214 Å². The minimum absolute atomic E-state index is 0.230. The molecule has 352 valence electrons. The van der Waals surface area contributed by atoms with Crippen molar-refractivity contribution < 1.29 is 89.4 Å². The van der Waals surface area contributed by atoms with Crippen molar-refractivity contribution in [3.05, 3.63) is 12.2 Å². The first-order valence-corrected chi connectivity index (χ1v) is 21.9. The molecule has 0 spiro atoms. The molecule has 0 aromatic carbocycles. The zero-order valence-electron chi connectivity index (χ0n) is 35.2. The Bertz CT molecular complexity index is 1180. The van der Waals surface area contributed by atoms with Crippen LogP contribution in [0.4, 0.5) is 0 Å². The van der Waals surface area contributed by atoms with E-state index in [0.717, 1.165) is 38.5 Å². The fourth-order valence-electron chi connectivity index (χ4n) is 7.54. The Morgan fingerprint density at radius 3 is 1.57 bits per heavy atom. The molecular weight excluding hydrogens is 794 g/mol. The molecule has 17 atom stereocenters. The van der Waals surface area contributed by atoms with E-state index in [1.807, 2.05) is 13.0 Å². The lowest BCUT2D eigenvalue weighted by Crippen LogP contribution is -2.66. The maximum absolute atomic E-state index is 12.8. The molecule has 3 saturated heterocycles. The zero-order valence-corrected chi connectivity index (χ0v) is 35.2. The van der Waals surface area contributed by atoms with Crippen LogP contribution in [-0.4, -0.2) is 193 Å². The van der Waals surface area contributed by atoms with Gasteiger partial charge in [-0.25, -0.2) is 0 Å². The summed E-state index contributed by atoms with van der Waals surface area (Å²) in [5.41, 5.74) is 0. The fraction of sp³-hybridized carbons (Fsp3) is 0.927. The molecule has 3 rings (SSSR count). The predicted molar refractivity (Wildman–Crippen MR) is 213 cm³/mol. The van der Waals surface area contributed by atoms with E-state index in [4.69, 9.17) is 28.4 Å². The van der Waals surface area contributed by atoms with Gasteiger partial charge < -0.3 is 89.9 Å². The minimum Gasteiger partial charge on any atom is -0.394 e. The van der Waals surface area contributed by atoms with Gasteiger partial charge in [0.15, 0.2) is 18.9 Å². The number of carbonyl (C=O) groups excluding carboxylic acids is 1. The molecule has 3 fully saturated rings. The van der Waals surface area contributed by atoms with E-state index in [1.54, 1.807) is 6.08 Å². The van der Waals surface area contributed by atoms with Crippen molar-refractivity contribution in [3.8, 4) is 0 Å². The summed E-state index contributed by atoms with van der Waals surface area (Å²) in [6.07, 6.45) is -7.91. The van der Waals surface area contributed by atoms with E-state index >= 15 is 0 Å². The number of aliphatic hydroxyl groups is 11. The minimum atomic E-state index is -1.97. The summed E-state index contributed by atoms with van der Waals surface area (Å²) in [5.74, 6) is -0.304. The van der Waals surface area contributed by atoms with Crippen LogP contribution in [0.3, 0.4) is 0 Å². The number of hydrogen-bond acceptors (Lipinski definition) is 18. The summed E-state index contributed by atoms with van der Waals surface area (Å²) < 4.78 is 33.8. The van der Waals surface area contributed by atoms with Gasteiger partial charge in [0.25, 0.3) is 0 Å². The van der Waals surface area contributed by atoms with Crippen LogP contribution >= 0.6 is 0 Å². The molecule has 0 aromatic rings. The number of allylic oxidation sites excluding steroid dienone is 1. The third kappa shape index (κ3) is 16.0. The van der Waals surface area contributed by atoms with Gasteiger partial charge in [-0.05, 0) is 19.3 Å². The Morgan fingerprint density at radius 1 is 0.583 bits per heavy atom. The van der Waals surface area contributed by atoms with Crippen LogP contribution in [0, 0.1) is 0 Å². The Balaban J connectivity index is 1.58. The van der Waals surface area contributed by atoms with E-state index in [-0.39, 0.29) is 18.9 Å². The number of aliphatic hydroxyl groups excluding tert-OH is 11. The highest BCUT2D eigenvalue weighted by Crippen LogP contribution is 2.33. The number of carbonyl (C=O) groups is 1. The third-order valence-corrected chi connectivity index (χ3v) is 11.3. The molecule has 0 aliphatic carbocycles. The lowest BCUT2D eigenvalue weighted by molar-refractivity contribution is -0.379. The quantitative estimate of drug-likeness (QED) is 0.0323. The van der Waals surface area contributed by atoms with Crippen LogP contribution in [0.5, 0.6) is 0 Å². The second-order valence-electron chi connectivity index (χ2n) is 16.2. The summed E-state index contributed by atoms with van der Waals surface area (Å²) in [4.78, 5) is 12.8. The van der Waals surface area contributed by atoms with Crippen LogP contribution in [0.1, 0.15) is 110 Å². The summed E-state index contributed by atoms with van der Waals surface area (Å²) in [6, 6.07) is -0.960. The molecule has 0 radical (unpaired) electrons. The van der Waals surface area contributed by atoms with E-state index in [0.29, 0.717) is 6.42 Å². The fourth-order valence-corrected chi connectivity index (χ4v) is 7.54. The van der Waals surface area contributed by atoms with Crippen molar-refractivity contribution in [1.29, 1.82) is 0 Å². The van der Waals surface area contributed by atoms with Crippen LogP contribution in [-0.2, 0) is 33.2 Å². The van der Waals surface area contributed by atoms with Crippen molar-refractivity contribution in [1.82, 2.24) is 5.32 Å². The molecule has 3 aliphatic heterocycles. The monoisotopic (exact) mass is 869 g/mol. The largest absolute Gasteiger partial charge is 0.394 e. The number of nitrogens with one attached hydrogen (secondary N) is 1. The summed E-state index contributed by atoms with van der Waals surface area (Å²) in [6.45, 7) is 1.45. The second kappa shape index (κ2) is 28.3. The third-order valence-electron chi connectivity index (χ3n) is 11.3. The van der Waals surface area contributed by atoms with Gasteiger partial charge in [0.2, 0.25) is 5.91 Å². The number of ether oxygens (including phenoxy) is 6. The number of rotatable bonds is 28. The Hall–Kier alpha value is -1.47. The SMILES string of the molecule is CCCCCCCCCCCC/C=C/C(O)C(COC1OC(CO)C(OC2OC(CO)C(OC3OC(CO)C(O)C(O)C3O)C(O)C2O)C(O)C1O)NC(=O)CCCCC. The average molecular weight is 870 g/mol. The first-order chi connectivity index (χ1) is 28.8. The standard InChI is InChI=1S/C41H75NO18/c1-3-5-7-8-9-10-11-12-13-14-15-17-18-25(46)24(42-29(47)19-16-6-4-2)23-55-39-35(53)32(50)37(27(21-44)57-39)60-41-36(54)33(51)38(28(22-45)58-41)59-40-34(52)31(49)30(48)26(20-43)56-40/h17-18,24-28,30-41,43-46,48-54H,3-16,19-23H2,1-2H3,(H,42,47)/b18-17+. The van der Waals surface area contributed by atoms with Crippen molar-refractivity contribution in [2.75, 3.05) is 26.4 Å². The Kier molecular flexibility index (Phi) is 25.0. The van der Waals surface area contributed by atoms with Crippen LogP contribution in [0.25, 0.3) is 0 Å². The molecule has 17 unspecified atom stereocenters. The highest BCUT2D eigenvalue weighted by atomic mass is 16.8. The first-order valence-electron chi connectivity index (χ1n) is 21.9. The second-order valence-corrected chi connectivity index (χ2v) is 16.2. The Morgan fingerprint density at radius 2 is 1.03 bits per heavy atom. The Labute approximate surface area is 353 Å². The molecule has 1 amide bonds.